The number of hydrogen-bond donors (Lipinski definition) is 8. The number of benzene rings is 1. The number of alkyl halides is 3. The molecule has 248 valence electrons. The number of aliphatic hydroxyl groups is 3. The van der Waals surface area contributed by atoms with Crippen LogP contribution in [0.25, 0.3) is 5.76 Å². The van der Waals surface area contributed by atoms with Gasteiger partial charge in [-0.1, -0.05) is 0 Å². The van der Waals surface area contributed by atoms with Crippen LogP contribution in [0.5, 0.6) is 5.75 Å². The van der Waals surface area contributed by atoms with E-state index in [1.807, 2.05) is 0 Å². The van der Waals surface area contributed by atoms with Crippen molar-refractivity contribution in [3.63, 3.8) is 0 Å². The van der Waals surface area contributed by atoms with Crippen molar-refractivity contribution in [3.05, 3.63) is 34.1 Å². The molecule has 45 heavy (non-hydrogen) atoms. The van der Waals surface area contributed by atoms with E-state index in [0.717, 1.165) is 6.07 Å². The third-order valence-electron chi connectivity index (χ3n) is 7.68. The number of ketones is 2. The predicted molar refractivity (Wildman–Crippen MR) is 147 cm³/mol. The zero-order valence-electron chi connectivity index (χ0n) is 23.9. The van der Waals surface area contributed by atoms with Crippen LogP contribution in [0.15, 0.2) is 23.0 Å². The Morgan fingerprint density at radius 2 is 1.62 bits per heavy atom. The van der Waals surface area contributed by atoms with Gasteiger partial charge in [-0.05, 0) is 44.5 Å². The Bertz CT molecular complexity index is 1660. The fraction of sp³-hybridized carbons (Fsp3) is 0.440. The standard InChI is InChI=1S/C25H27F3N4O8.H2O4S/c1-31(2)12-7-11(30-23(39)25(26,27)28)17(33)14-9(12)5-8-6-10-16(32(3)4)19(35)15(22(29)38)21(37)24(10,40)20(36)13(8)18(14)34;1-5(2,3)4/h7-8,10,16,33-34,37,40H,5-6H2,1-4H3,(H2,29,38)(H,30,39);(H2,1,2,3,4)/t8?,10?,16-,24-;/m0./s1. The van der Waals surface area contributed by atoms with Gasteiger partial charge in [0, 0.05) is 31.3 Å². The highest BCUT2D eigenvalue weighted by atomic mass is 32.3. The van der Waals surface area contributed by atoms with E-state index in [9.17, 15) is 52.8 Å². The van der Waals surface area contributed by atoms with Crippen LogP contribution >= 0.6 is 0 Å². The Balaban J connectivity index is 0.00000102. The van der Waals surface area contributed by atoms with E-state index in [4.69, 9.17) is 23.3 Å². The van der Waals surface area contributed by atoms with Gasteiger partial charge in [0.2, 0.25) is 5.78 Å². The molecule has 0 saturated heterocycles. The number of hydrogen-bond acceptors (Lipinski definition) is 12. The summed E-state index contributed by atoms with van der Waals surface area (Å²) in [4.78, 5) is 53.5. The van der Waals surface area contributed by atoms with Crippen molar-refractivity contribution in [3.8, 4) is 5.75 Å². The summed E-state index contributed by atoms with van der Waals surface area (Å²) in [5.74, 6) is -11.3. The van der Waals surface area contributed by atoms with Crippen LogP contribution in [0.3, 0.4) is 0 Å². The highest BCUT2D eigenvalue weighted by molar-refractivity contribution is 7.79. The lowest BCUT2D eigenvalue weighted by molar-refractivity contribution is -0.167. The number of rotatable bonds is 4. The van der Waals surface area contributed by atoms with E-state index in [-0.39, 0.29) is 24.1 Å². The van der Waals surface area contributed by atoms with Crippen molar-refractivity contribution in [2.24, 2.45) is 17.6 Å². The van der Waals surface area contributed by atoms with Crippen LogP contribution in [0.4, 0.5) is 24.5 Å². The maximum absolute atomic E-state index is 13.9. The number of aliphatic hydroxyl groups excluding tert-OH is 2. The van der Waals surface area contributed by atoms with E-state index in [1.165, 1.54) is 38.0 Å². The van der Waals surface area contributed by atoms with Gasteiger partial charge in [-0.3, -0.25) is 33.2 Å². The molecule has 1 aromatic carbocycles. The molecular weight excluding hydrogens is 637 g/mol. The molecule has 3 aliphatic rings. The smallest absolute Gasteiger partial charge is 0.471 e. The first-order chi connectivity index (χ1) is 20.3. The van der Waals surface area contributed by atoms with Gasteiger partial charge in [0.25, 0.3) is 5.91 Å². The zero-order chi connectivity index (χ0) is 34.7. The van der Waals surface area contributed by atoms with E-state index >= 15 is 0 Å². The number of nitrogens with zero attached hydrogens (tertiary/aromatic N) is 2. The minimum absolute atomic E-state index is 0.0802. The molecule has 20 heteroatoms. The van der Waals surface area contributed by atoms with Crippen molar-refractivity contribution >= 4 is 50.9 Å². The Morgan fingerprint density at radius 3 is 2.07 bits per heavy atom. The summed E-state index contributed by atoms with van der Waals surface area (Å²) in [6.45, 7) is 0. The normalized spacial score (nSPS) is 24.7. The first kappa shape index (κ1) is 35.2. The molecule has 0 heterocycles. The van der Waals surface area contributed by atoms with Crippen molar-refractivity contribution in [2.75, 3.05) is 38.4 Å². The first-order valence-corrected chi connectivity index (χ1v) is 14.0. The number of primary amides is 1. The minimum atomic E-state index is -5.30. The van der Waals surface area contributed by atoms with Crippen LogP contribution in [0.1, 0.15) is 17.5 Å². The maximum atomic E-state index is 13.9. The van der Waals surface area contributed by atoms with Crippen LogP contribution in [0, 0.1) is 11.8 Å². The molecule has 0 radical (unpaired) electrons. The largest absolute Gasteiger partial charge is 0.508 e. The number of nitrogens with two attached hydrogens (primary N) is 1. The summed E-state index contributed by atoms with van der Waals surface area (Å²) in [6.07, 6.45) is -5.54. The molecule has 0 aromatic heterocycles. The second-order valence-electron chi connectivity index (χ2n) is 10.9. The number of halogens is 3. The van der Waals surface area contributed by atoms with Crippen LogP contribution in [-0.4, -0.2) is 112 Å². The molecule has 0 aliphatic heterocycles. The SMILES string of the molecule is CN(C)c1cc(NC(=O)C(F)(F)F)c(O)c2c1CC1CC3[C@H](N(C)C)C(=O)C(C(N)=O)=C(O)[C@@]3(O)C(=O)C1=C2O.O=S(=O)(O)O. The molecule has 1 fully saturated rings. The highest BCUT2D eigenvalue weighted by Gasteiger charge is 2.64. The summed E-state index contributed by atoms with van der Waals surface area (Å²) in [5.41, 5.74) is 0.214. The van der Waals surface area contributed by atoms with Crippen LogP contribution < -0.4 is 16.0 Å². The zero-order valence-corrected chi connectivity index (χ0v) is 24.7. The highest BCUT2D eigenvalue weighted by Crippen LogP contribution is 2.54. The molecule has 0 bridgehead atoms. The van der Waals surface area contributed by atoms with Gasteiger partial charge in [-0.2, -0.15) is 21.6 Å². The number of anilines is 2. The van der Waals surface area contributed by atoms with Gasteiger partial charge >= 0.3 is 22.5 Å². The summed E-state index contributed by atoms with van der Waals surface area (Å²) in [5, 5.41) is 46.2. The Morgan fingerprint density at radius 1 is 1.09 bits per heavy atom. The first-order valence-electron chi connectivity index (χ1n) is 12.6. The van der Waals surface area contributed by atoms with Gasteiger partial charge in [-0.25, -0.2) is 0 Å². The fourth-order valence-corrected chi connectivity index (χ4v) is 5.98. The molecule has 3 aliphatic carbocycles. The number of carbonyl (C=O) groups is 4. The van der Waals surface area contributed by atoms with Gasteiger partial charge < -0.3 is 36.4 Å². The van der Waals surface area contributed by atoms with E-state index < -0.39 is 103 Å². The monoisotopic (exact) mass is 666 g/mol. The Labute approximate surface area is 252 Å². The van der Waals surface area contributed by atoms with Crippen molar-refractivity contribution in [1.29, 1.82) is 0 Å². The van der Waals surface area contributed by atoms with Gasteiger partial charge in [0.1, 0.15) is 22.8 Å². The molecule has 0 spiro atoms. The van der Waals surface area contributed by atoms with Crippen LogP contribution in [0.2, 0.25) is 0 Å². The molecule has 2 amide bonds. The predicted octanol–water partition coefficient (Wildman–Crippen LogP) is -0.122. The molecule has 9 N–H and O–H groups in total. The van der Waals surface area contributed by atoms with E-state index in [0.29, 0.717) is 0 Å². The molecule has 2 unspecified atom stereocenters. The number of aromatic hydroxyl groups is 1. The van der Waals surface area contributed by atoms with Gasteiger partial charge in [0.15, 0.2) is 11.4 Å². The van der Waals surface area contributed by atoms with Gasteiger partial charge in [0.05, 0.1) is 17.3 Å². The molecule has 4 rings (SSSR count). The second-order valence-corrected chi connectivity index (χ2v) is 11.8. The number of Topliss-reactive ketones (excluding diaryl/α,β-unsaturated/α-hetero) is 2. The fourth-order valence-electron chi connectivity index (χ4n) is 5.98. The topological polar surface area (TPSA) is 268 Å². The number of phenols is 1. The summed E-state index contributed by atoms with van der Waals surface area (Å²) in [6, 6.07) is -0.184. The third-order valence-corrected chi connectivity index (χ3v) is 7.68. The lowest BCUT2D eigenvalue weighted by Crippen LogP contribution is -2.65. The quantitative estimate of drug-likeness (QED) is 0.118. The number of carbonyl (C=O) groups excluding carboxylic acids is 4. The lowest BCUT2D eigenvalue weighted by Gasteiger charge is -2.50. The molecule has 1 saturated carbocycles. The van der Waals surface area contributed by atoms with Crippen molar-refractivity contribution < 1.29 is 70.3 Å². The lowest BCUT2D eigenvalue weighted by atomic mass is 9.57. The Hall–Kier alpha value is -4.24. The van der Waals surface area contributed by atoms with Crippen LogP contribution in [-0.2, 0) is 36.0 Å². The summed E-state index contributed by atoms with van der Waals surface area (Å²) < 4.78 is 70.4. The third kappa shape index (κ3) is 6.18. The summed E-state index contributed by atoms with van der Waals surface area (Å²) in [7, 11) is 1.32. The number of amides is 2. The molecule has 1 aromatic rings. The van der Waals surface area contributed by atoms with E-state index in [2.05, 4.69) is 0 Å². The van der Waals surface area contributed by atoms with E-state index in [1.54, 1.807) is 5.32 Å². The number of fused-ring (bicyclic) bond motifs is 3. The summed E-state index contributed by atoms with van der Waals surface area (Å²) >= 11 is 0. The number of likely N-dealkylation sites (N-methyl/N-ethyl adjacent to an activating group) is 1. The molecule has 16 nitrogen and oxygen atoms in total. The average Bonchev–Trinajstić information content (AvgIpc) is 2.85. The second kappa shape index (κ2) is 11.6. The number of nitrogens with one attached hydrogen (secondary N) is 1. The van der Waals surface area contributed by atoms with Crippen molar-refractivity contribution in [2.45, 2.75) is 30.7 Å². The maximum Gasteiger partial charge on any atom is 0.471 e. The molecule has 4 atom stereocenters. The minimum Gasteiger partial charge on any atom is -0.508 e. The number of phenolic OH excluding ortho intramolecular Hbond substituents is 1. The van der Waals surface area contributed by atoms with Gasteiger partial charge in [-0.15, -0.1) is 0 Å². The average molecular weight is 667 g/mol. The Kier molecular flexibility index (Phi) is 9.08. The molecular formula is C25H29F3N4O12S. The van der Waals surface area contributed by atoms with Crippen molar-refractivity contribution in [1.82, 2.24) is 4.90 Å².